The van der Waals surface area contributed by atoms with Crippen LogP contribution >= 0.6 is 15.9 Å². The molecule has 0 spiro atoms. The zero-order valence-corrected chi connectivity index (χ0v) is 11.6. The van der Waals surface area contributed by atoms with Crippen LogP contribution in [-0.4, -0.2) is 6.29 Å². The summed E-state index contributed by atoms with van der Waals surface area (Å²) in [4.78, 5) is 10.9. The predicted octanol–water partition coefficient (Wildman–Crippen LogP) is 4.36. The van der Waals surface area contributed by atoms with Gasteiger partial charge in [0.1, 0.15) is 6.29 Å². The Balaban J connectivity index is 2.20. The maximum absolute atomic E-state index is 10.9. The van der Waals surface area contributed by atoms with Crippen LogP contribution in [-0.2, 0) is 11.2 Å². The number of carbonyl (C=O) groups excluding carboxylic acids is 1. The summed E-state index contributed by atoms with van der Waals surface area (Å²) in [5, 5.41) is 0. The molecular formula is C16H15BrO. The fraction of sp³-hybridized carbons (Fsp3) is 0.188. The first kappa shape index (κ1) is 13.0. The van der Waals surface area contributed by atoms with Crippen LogP contribution in [0.4, 0.5) is 0 Å². The van der Waals surface area contributed by atoms with Gasteiger partial charge in [-0.3, -0.25) is 0 Å². The summed E-state index contributed by atoms with van der Waals surface area (Å²) < 4.78 is 1.06. The number of carbonyl (C=O) groups is 1. The Labute approximate surface area is 116 Å². The molecule has 0 radical (unpaired) electrons. The second kappa shape index (κ2) is 6.50. The van der Waals surface area contributed by atoms with Gasteiger partial charge in [0.25, 0.3) is 0 Å². The molecule has 1 nitrogen and oxygen atoms in total. The third-order valence-corrected chi connectivity index (χ3v) is 3.52. The van der Waals surface area contributed by atoms with E-state index < -0.39 is 0 Å². The summed E-state index contributed by atoms with van der Waals surface area (Å²) in [5.74, 6) is 0.252. The van der Waals surface area contributed by atoms with E-state index in [4.69, 9.17) is 0 Å². The van der Waals surface area contributed by atoms with Gasteiger partial charge in [0.15, 0.2) is 0 Å². The van der Waals surface area contributed by atoms with Gasteiger partial charge in [0.2, 0.25) is 0 Å². The first-order valence-electron chi connectivity index (χ1n) is 6.02. The van der Waals surface area contributed by atoms with Crippen molar-refractivity contribution >= 4 is 22.2 Å². The minimum atomic E-state index is 0.252. The maximum Gasteiger partial charge on any atom is 0.120 e. The van der Waals surface area contributed by atoms with E-state index in [0.29, 0.717) is 6.42 Å². The number of aldehydes is 1. The van der Waals surface area contributed by atoms with E-state index >= 15 is 0 Å². The van der Waals surface area contributed by atoms with Gasteiger partial charge < -0.3 is 4.79 Å². The van der Waals surface area contributed by atoms with Crippen LogP contribution in [0.1, 0.15) is 23.5 Å². The number of halogens is 1. The first-order chi connectivity index (χ1) is 8.79. The second-order valence-corrected chi connectivity index (χ2v) is 5.26. The molecule has 0 heterocycles. The molecule has 2 aromatic rings. The Morgan fingerprint density at radius 1 is 1.06 bits per heavy atom. The van der Waals surface area contributed by atoms with Gasteiger partial charge in [-0.1, -0.05) is 58.4 Å². The first-order valence-corrected chi connectivity index (χ1v) is 6.82. The monoisotopic (exact) mass is 302 g/mol. The Bertz CT molecular complexity index is 508. The summed E-state index contributed by atoms with van der Waals surface area (Å²) in [7, 11) is 0. The average molecular weight is 303 g/mol. The van der Waals surface area contributed by atoms with E-state index in [-0.39, 0.29) is 5.92 Å². The third-order valence-electron chi connectivity index (χ3n) is 3.03. The molecule has 0 aliphatic rings. The normalized spacial score (nSPS) is 12.1. The Hall–Kier alpha value is -1.41. The molecule has 0 bridgehead atoms. The van der Waals surface area contributed by atoms with E-state index in [9.17, 15) is 4.79 Å². The molecule has 0 N–H and O–H groups in total. The fourth-order valence-electron chi connectivity index (χ4n) is 2.11. The van der Waals surface area contributed by atoms with Gasteiger partial charge in [-0.15, -0.1) is 0 Å². The predicted molar refractivity (Wildman–Crippen MR) is 77.7 cm³/mol. The van der Waals surface area contributed by atoms with E-state index in [1.54, 1.807) is 0 Å². The van der Waals surface area contributed by atoms with Crippen LogP contribution < -0.4 is 0 Å². The Morgan fingerprint density at radius 2 is 1.83 bits per heavy atom. The highest BCUT2D eigenvalue weighted by atomic mass is 79.9. The molecule has 0 aliphatic carbocycles. The van der Waals surface area contributed by atoms with Gasteiger partial charge in [0.05, 0.1) is 0 Å². The van der Waals surface area contributed by atoms with Gasteiger partial charge in [-0.2, -0.15) is 0 Å². The Morgan fingerprint density at radius 3 is 2.50 bits per heavy atom. The van der Waals surface area contributed by atoms with Gasteiger partial charge in [0, 0.05) is 10.9 Å². The van der Waals surface area contributed by atoms with Gasteiger partial charge >= 0.3 is 0 Å². The molecule has 2 aromatic carbocycles. The molecular weight excluding hydrogens is 288 g/mol. The van der Waals surface area contributed by atoms with Crippen molar-refractivity contribution in [2.75, 3.05) is 0 Å². The molecule has 0 unspecified atom stereocenters. The summed E-state index contributed by atoms with van der Waals surface area (Å²) in [5.41, 5.74) is 2.48. The van der Waals surface area contributed by atoms with E-state index in [2.05, 4.69) is 40.2 Å². The molecule has 0 fully saturated rings. The average Bonchev–Trinajstić information content (AvgIpc) is 2.39. The third kappa shape index (κ3) is 3.54. The molecule has 18 heavy (non-hydrogen) atoms. The van der Waals surface area contributed by atoms with Gasteiger partial charge in [-0.05, 0) is 35.6 Å². The number of hydrogen-bond acceptors (Lipinski definition) is 1. The van der Waals surface area contributed by atoms with Crippen LogP contribution in [0.25, 0.3) is 0 Å². The minimum Gasteiger partial charge on any atom is -0.303 e. The SMILES string of the molecule is O=CC[C@H](Cc1ccccc1)c1cccc(Br)c1. The lowest BCUT2D eigenvalue weighted by Crippen LogP contribution is -2.04. The number of rotatable bonds is 5. The van der Waals surface area contributed by atoms with Crippen molar-refractivity contribution in [3.8, 4) is 0 Å². The minimum absolute atomic E-state index is 0.252. The zero-order valence-electron chi connectivity index (χ0n) is 10.1. The largest absolute Gasteiger partial charge is 0.303 e. The van der Waals surface area contributed by atoms with E-state index in [1.807, 2.05) is 30.3 Å². The van der Waals surface area contributed by atoms with Crippen LogP contribution in [0, 0.1) is 0 Å². The highest BCUT2D eigenvalue weighted by Crippen LogP contribution is 2.25. The lowest BCUT2D eigenvalue weighted by molar-refractivity contribution is -0.108. The van der Waals surface area contributed by atoms with Crippen molar-refractivity contribution in [1.82, 2.24) is 0 Å². The molecule has 2 rings (SSSR count). The van der Waals surface area contributed by atoms with Crippen LogP contribution in [0.5, 0.6) is 0 Å². The molecule has 0 aromatic heterocycles. The lowest BCUT2D eigenvalue weighted by Gasteiger charge is -2.15. The van der Waals surface area contributed by atoms with Crippen molar-refractivity contribution in [1.29, 1.82) is 0 Å². The maximum atomic E-state index is 10.9. The Kier molecular flexibility index (Phi) is 4.71. The lowest BCUT2D eigenvalue weighted by atomic mass is 9.90. The summed E-state index contributed by atoms with van der Waals surface area (Å²) in [6, 6.07) is 18.5. The molecule has 0 aliphatic heterocycles. The van der Waals surface area contributed by atoms with Crippen molar-refractivity contribution in [3.05, 3.63) is 70.2 Å². The molecule has 92 valence electrons. The number of hydrogen-bond donors (Lipinski definition) is 0. The molecule has 1 atom stereocenters. The standard InChI is InChI=1S/C16H15BrO/c17-16-8-4-7-14(12-16)15(9-10-18)11-13-5-2-1-3-6-13/h1-8,10,12,15H,9,11H2/t15-/m1/s1. The summed E-state index contributed by atoms with van der Waals surface area (Å²) in [6.07, 6.45) is 2.47. The quantitative estimate of drug-likeness (QED) is 0.750. The van der Waals surface area contributed by atoms with E-state index in [1.165, 1.54) is 11.1 Å². The molecule has 0 amide bonds. The fourth-order valence-corrected chi connectivity index (χ4v) is 2.53. The molecule has 2 heteroatoms. The van der Waals surface area contributed by atoms with Gasteiger partial charge in [-0.25, -0.2) is 0 Å². The molecule has 0 saturated carbocycles. The van der Waals surface area contributed by atoms with Crippen molar-refractivity contribution in [2.24, 2.45) is 0 Å². The second-order valence-electron chi connectivity index (χ2n) is 4.34. The van der Waals surface area contributed by atoms with Crippen molar-refractivity contribution < 1.29 is 4.79 Å². The highest BCUT2D eigenvalue weighted by molar-refractivity contribution is 9.10. The van der Waals surface area contributed by atoms with Crippen LogP contribution in [0.2, 0.25) is 0 Å². The summed E-state index contributed by atoms with van der Waals surface area (Å²) >= 11 is 3.48. The van der Waals surface area contributed by atoms with Crippen LogP contribution in [0.15, 0.2) is 59.1 Å². The smallest absolute Gasteiger partial charge is 0.120 e. The van der Waals surface area contributed by atoms with Crippen molar-refractivity contribution in [2.45, 2.75) is 18.8 Å². The highest BCUT2D eigenvalue weighted by Gasteiger charge is 2.12. The van der Waals surface area contributed by atoms with Crippen molar-refractivity contribution in [3.63, 3.8) is 0 Å². The zero-order chi connectivity index (χ0) is 12.8. The summed E-state index contributed by atoms with van der Waals surface area (Å²) in [6.45, 7) is 0. The van der Waals surface area contributed by atoms with E-state index in [0.717, 1.165) is 17.2 Å². The topological polar surface area (TPSA) is 17.1 Å². The number of benzene rings is 2. The van der Waals surface area contributed by atoms with Crippen LogP contribution in [0.3, 0.4) is 0 Å². The molecule has 0 saturated heterocycles.